The fraction of sp³-hybridized carbons (Fsp3) is 0.833. The van der Waals surface area contributed by atoms with Crippen LogP contribution in [0.4, 0.5) is 5.95 Å². The van der Waals surface area contributed by atoms with Gasteiger partial charge in [-0.25, -0.2) is 0 Å². The van der Waals surface area contributed by atoms with Crippen LogP contribution < -0.4 is 10.6 Å². The minimum atomic E-state index is 0.268. The first-order valence-corrected chi connectivity index (χ1v) is 7.92. The Morgan fingerprint density at radius 1 is 1.28 bits per heavy atom. The summed E-state index contributed by atoms with van der Waals surface area (Å²) < 4.78 is 0. The van der Waals surface area contributed by atoms with Gasteiger partial charge in [-0.05, 0) is 31.4 Å². The van der Waals surface area contributed by atoms with E-state index in [4.69, 9.17) is 5.73 Å². The van der Waals surface area contributed by atoms with Gasteiger partial charge in [0.05, 0.1) is 5.25 Å². The number of nitrogens with zero attached hydrogens (tertiary/aromatic N) is 3. The van der Waals surface area contributed by atoms with Crippen molar-refractivity contribution in [2.24, 2.45) is 5.73 Å². The van der Waals surface area contributed by atoms with Crippen molar-refractivity contribution in [3.05, 3.63) is 5.82 Å². The number of hydrogen-bond donors (Lipinski definition) is 2. The summed E-state index contributed by atoms with van der Waals surface area (Å²) in [6.45, 7) is 1.91. The highest BCUT2D eigenvalue weighted by atomic mass is 32.2. The van der Waals surface area contributed by atoms with Gasteiger partial charge >= 0.3 is 0 Å². The molecule has 100 valence electrons. The van der Waals surface area contributed by atoms with Crippen molar-refractivity contribution in [1.82, 2.24) is 15.2 Å². The first-order valence-electron chi connectivity index (χ1n) is 6.87. The van der Waals surface area contributed by atoms with Gasteiger partial charge in [0.2, 0.25) is 5.95 Å². The van der Waals surface area contributed by atoms with Gasteiger partial charge in [-0.3, -0.25) is 5.10 Å². The van der Waals surface area contributed by atoms with Crippen molar-refractivity contribution < 1.29 is 0 Å². The van der Waals surface area contributed by atoms with E-state index in [1.807, 2.05) is 11.8 Å². The van der Waals surface area contributed by atoms with E-state index in [2.05, 4.69) is 20.1 Å². The molecule has 1 aromatic heterocycles. The molecule has 2 unspecified atom stereocenters. The molecule has 0 aliphatic carbocycles. The lowest BCUT2D eigenvalue weighted by Crippen LogP contribution is -2.43. The molecule has 3 heterocycles. The average Bonchev–Trinajstić information content (AvgIpc) is 2.89. The Bertz CT molecular complexity index is 388. The maximum Gasteiger partial charge on any atom is 0.244 e. The number of piperidine rings is 1. The zero-order valence-corrected chi connectivity index (χ0v) is 11.5. The smallest absolute Gasteiger partial charge is 0.244 e. The van der Waals surface area contributed by atoms with Crippen molar-refractivity contribution in [3.63, 3.8) is 0 Å². The Balaban J connectivity index is 1.68. The molecule has 3 rings (SSSR count). The lowest BCUT2D eigenvalue weighted by Gasteiger charge is -2.29. The SMILES string of the molecule is NC1CCCN(c2n[nH]c(C3CCCCS3)n2)C1. The second kappa shape index (κ2) is 5.48. The maximum absolute atomic E-state index is 6.00. The molecule has 3 N–H and O–H groups in total. The van der Waals surface area contributed by atoms with Gasteiger partial charge < -0.3 is 10.6 Å². The van der Waals surface area contributed by atoms with Crippen molar-refractivity contribution in [1.29, 1.82) is 0 Å². The molecule has 5 nitrogen and oxygen atoms in total. The summed E-state index contributed by atoms with van der Waals surface area (Å²) in [5.74, 6) is 3.13. The molecule has 0 bridgehead atoms. The van der Waals surface area contributed by atoms with Crippen LogP contribution in [0.2, 0.25) is 0 Å². The van der Waals surface area contributed by atoms with E-state index < -0.39 is 0 Å². The van der Waals surface area contributed by atoms with E-state index in [1.165, 1.54) is 25.0 Å². The lowest BCUT2D eigenvalue weighted by atomic mass is 10.1. The maximum atomic E-state index is 6.00. The van der Waals surface area contributed by atoms with Crippen LogP contribution in [0.15, 0.2) is 0 Å². The van der Waals surface area contributed by atoms with Crippen LogP contribution in [-0.2, 0) is 0 Å². The van der Waals surface area contributed by atoms with E-state index >= 15 is 0 Å². The molecular formula is C12H21N5S. The third kappa shape index (κ3) is 2.64. The van der Waals surface area contributed by atoms with Crippen LogP contribution in [0, 0.1) is 0 Å². The van der Waals surface area contributed by atoms with Crippen molar-refractivity contribution in [2.45, 2.75) is 43.4 Å². The van der Waals surface area contributed by atoms with Crippen LogP contribution in [0.5, 0.6) is 0 Å². The molecule has 0 saturated carbocycles. The highest BCUT2D eigenvalue weighted by molar-refractivity contribution is 7.99. The molecule has 0 spiro atoms. The molecule has 2 atom stereocenters. The van der Waals surface area contributed by atoms with E-state index in [9.17, 15) is 0 Å². The largest absolute Gasteiger partial charge is 0.338 e. The van der Waals surface area contributed by atoms with Gasteiger partial charge in [0, 0.05) is 19.1 Å². The number of aromatic nitrogens is 3. The number of thioether (sulfide) groups is 1. The van der Waals surface area contributed by atoms with Crippen molar-refractivity contribution >= 4 is 17.7 Å². The third-order valence-corrected chi connectivity index (χ3v) is 5.10. The summed E-state index contributed by atoms with van der Waals surface area (Å²) in [6.07, 6.45) is 6.12. The van der Waals surface area contributed by atoms with Gasteiger partial charge in [0.25, 0.3) is 0 Å². The molecule has 0 aromatic carbocycles. The zero-order chi connectivity index (χ0) is 12.4. The number of nitrogens with one attached hydrogen (secondary N) is 1. The Labute approximate surface area is 112 Å². The molecule has 2 saturated heterocycles. The summed E-state index contributed by atoms with van der Waals surface area (Å²) in [5.41, 5.74) is 6.00. The van der Waals surface area contributed by atoms with Crippen LogP contribution >= 0.6 is 11.8 Å². The Hall–Kier alpha value is -0.750. The normalized spacial score (nSPS) is 29.5. The fourth-order valence-corrected chi connectivity index (χ4v) is 3.95. The third-order valence-electron chi connectivity index (χ3n) is 3.72. The molecule has 6 heteroatoms. The lowest BCUT2D eigenvalue weighted by molar-refractivity contribution is 0.500. The topological polar surface area (TPSA) is 70.8 Å². The summed E-state index contributed by atoms with van der Waals surface area (Å²) in [4.78, 5) is 6.88. The van der Waals surface area contributed by atoms with Crippen LogP contribution in [0.1, 0.15) is 43.2 Å². The fourth-order valence-electron chi connectivity index (χ4n) is 2.70. The van der Waals surface area contributed by atoms with Gasteiger partial charge in [-0.2, -0.15) is 16.7 Å². The quantitative estimate of drug-likeness (QED) is 0.853. The molecule has 2 aliphatic heterocycles. The predicted molar refractivity (Wildman–Crippen MR) is 74.9 cm³/mol. The van der Waals surface area contributed by atoms with Crippen molar-refractivity contribution in [3.8, 4) is 0 Å². The van der Waals surface area contributed by atoms with Gasteiger partial charge in [0.1, 0.15) is 5.82 Å². The summed E-state index contributed by atoms with van der Waals surface area (Å²) in [6, 6.07) is 0.268. The van der Waals surface area contributed by atoms with Crippen LogP contribution in [-0.4, -0.2) is 40.1 Å². The highest BCUT2D eigenvalue weighted by Gasteiger charge is 2.23. The van der Waals surface area contributed by atoms with Crippen molar-refractivity contribution in [2.75, 3.05) is 23.7 Å². The number of anilines is 1. The van der Waals surface area contributed by atoms with Gasteiger partial charge in [0.15, 0.2) is 0 Å². The predicted octanol–water partition coefficient (Wildman–Crippen LogP) is 1.69. The van der Waals surface area contributed by atoms with Crippen LogP contribution in [0.3, 0.4) is 0 Å². The first-order chi connectivity index (χ1) is 8.83. The zero-order valence-electron chi connectivity index (χ0n) is 10.6. The molecule has 18 heavy (non-hydrogen) atoms. The standard InChI is InChI=1S/C12H21N5S/c13-9-4-3-6-17(8-9)12-14-11(15-16-12)10-5-1-2-7-18-10/h9-10H,1-8,13H2,(H,14,15,16). The summed E-state index contributed by atoms with van der Waals surface area (Å²) in [5, 5.41) is 8.01. The number of H-pyrrole nitrogens is 1. The van der Waals surface area contributed by atoms with E-state index in [1.54, 1.807) is 0 Å². The molecule has 2 aliphatic rings. The minimum absolute atomic E-state index is 0.268. The molecule has 0 amide bonds. The summed E-state index contributed by atoms with van der Waals surface area (Å²) >= 11 is 2.00. The Morgan fingerprint density at radius 2 is 2.22 bits per heavy atom. The first kappa shape index (κ1) is 12.3. The Kier molecular flexibility index (Phi) is 3.75. The second-order valence-electron chi connectivity index (χ2n) is 5.22. The minimum Gasteiger partial charge on any atom is -0.338 e. The van der Waals surface area contributed by atoms with Gasteiger partial charge in [-0.1, -0.05) is 6.42 Å². The van der Waals surface area contributed by atoms with E-state index in [0.29, 0.717) is 5.25 Å². The molecule has 0 radical (unpaired) electrons. The number of rotatable bonds is 2. The average molecular weight is 267 g/mol. The van der Waals surface area contributed by atoms with Gasteiger partial charge in [-0.15, -0.1) is 5.10 Å². The van der Waals surface area contributed by atoms with E-state index in [0.717, 1.165) is 37.7 Å². The number of nitrogens with two attached hydrogens (primary N) is 1. The van der Waals surface area contributed by atoms with E-state index in [-0.39, 0.29) is 6.04 Å². The Morgan fingerprint density at radius 3 is 3.00 bits per heavy atom. The number of hydrogen-bond acceptors (Lipinski definition) is 5. The molecule has 1 aromatic rings. The monoisotopic (exact) mass is 267 g/mol. The number of aromatic amines is 1. The summed E-state index contributed by atoms with van der Waals surface area (Å²) in [7, 11) is 0. The highest BCUT2D eigenvalue weighted by Crippen LogP contribution is 2.36. The molecule has 2 fully saturated rings. The second-order valence-corrected chi connectivity index (χ2v) is 6.53. The van der Waals surface area contributed by atoms with Crippen LogP contribution in [0.25, 0.3) is 0 Å². The molecular weight excluding hydrogens is 246 g/mol.